The molecule has 0 spiro atoms. The van der Waals surface area contributed by atoms with Crippen LogP contribution >= 0.6 is 11.6 Å². The van der Waals surface area contributed by atoms with Crippen molar-refractivity contribution in [2.45, 2.75) is 12.2 Å². The number of nitrogens with zero attached hydrogens (tertiary/aromatic N) is 2. The molecule has 2 amide bonds. The number of pyridine rings is 1. The number of benzene rings is 3. The highest BCUT2D eigenvalue weighted by atomic mass is 35.5. The number of anilines is 1. The number of aromatic nitrogens is 2. The SMILES string of the molecule is O=C(Nc1cc(-c2ccc3nccn3c2)cc2c1C(c1cc(F)ccc1Cl)NC2=O)c1cc(F)cc(C(F)(F)F)c1. The van der Waals surface area contributed by atoms with Crippen molar-refractivity contribution in [2.75, 3.05) is 5.32 Å². The highest BCUT2D eigenvalue weighted by Gasteiger charge is 2.36. The standard InChI is InChI=1S/C29H16ClF5N4O2/c30-22-3-2-18(31)12-20(22)26-25-21(28(41)38-26)9-15(14-1-4-24-36-5-6-39(24)13-14)10-23(25)37-27(40)16-7-17(29(33,34)35)11-19(32)8-16/h1-13,26H,(H,37,40)(H,38,41). The van der Waals surface area contributed by atoms with E-state index in [4.69, 9.17) is 11.6 Å². The summed E-state index contributed by atoms with van der Waals surface area (Å²) in [5.41, 5.74) is 0.422. The van der Waals surface area contributed by atoms with Gasteiger partial charge in [0.25, 0.3) is 11.8 Å². The van der Waals surface area contributed by atoms with E-state index < -0.39 is 46.8 Å². The molecule has 206 valence electrons. The number of amides is 2. The van der Waals surface area contributed by atoms with Crippen LogP contribution in [0.3, 0.4) is 0 Å². The Kier molecular flexibility index (Phi) is 6.26. The first kappa shape index (κ1) is 26.5. The smallest absolute Gasteiger partial charge is 0.341 e. The number of rotatable bonds is 4. The first-order valence-electron chi connectivity index (χ1n) is 12.0. The van der Waals surface area contributed by atoms with E-state index in [0.29, 0.717) is 28.9 Å². The molecular formula is C29H16ClF5N4O2. The van der Waals surface area contributed by atoms with Gasteiger partial charge in [-0.15, -0.1) is 0 Å². The number of hydrogen-bond acceptors (Lipinski definition) is 3. The van der Waals surface area contributed by atoms with Gasteiger partial charge in [0, 0.05) is 51.6 Å². The van der Waals surface area contributed by atoms with E-state index in [9.17, 15) is 31.5 Å². The molecule has 0 fully saturated rings. The lowest BCUT2D eigenvalue weighted by Crippen LogP contribution is -2.21. The number of fused-ring (bicyclic) bond motifs is 2. The Labute approximate surface area is 233 Å². The van der Waals surface area contributed by atoms with Crippen LogP contribution in [-0.2, 0) is 6.18 Å². The topological polar surface area (TPSA) is 75.5 Å². The van der Waals surface area contributed by atoms with Crippen molar-refractivity contribution in [1.29, 1.82) is 0 Å². The largest absolute Gasteiger partial charge is 0.416 e. The first-order valence-corrected chi connectivity index (χ1v) is 12.4. The summed E-state index contributed by atoms with van der Waals surface area (Å²) in [7, 11) is 0. The molecule has 41 heavy (non-hydrogen) atoms. The summed E-state index contributed by atoms with van der Waals surface area (Å²) < 4.78 is 69.9. The van der Waals surface area contributed by atoms with Gasteiger partial charge in [-0.3, -0.25) is 9.59 Å². The molecule has 6 rings (SSSR count). The van der Waals surface area contributed by atoms with Gasteiger partial charge in [-0.2, -0.15) is 13.2 Å². The summed E-state index contributed by atoms with van der Waals surface area (Å²) in [4.78, 5) is 30.6. The fraction of sp³-hybridized carbons (Fsp3) is 0.0690. The van der Waals surface area contributed by atoms with Crippen LogP contribution in [0.25, 0.3) is 16.8 Å². The van der Waals surface area contributed by atoms with Gasteiger partial charge >= 0.3 is 6.18 Å². The molecule has 0 radical (unpaired) electrons. The molecule has 0 saturated heterocycles. The predicted molar refractivity (Wildman–Crippen MR) is 141 cm³/mol. The molecule has 1 aliphatic rings. The number of alkyl halides is 3. The maximum atomic E-state index is 14.2. The van der Waals surface area contributed by atoms with Crippen LogP contribution in [0.1, 0.15) is 43.4 Å². The van der Waals surface area contributed by atoms with Gasteiger partial charge in [0.1, 0.15) is 17.3 Å². The zero-order valence-electron chi connectivity index (χ0n) is 20.6. The van der Waals surface area contributed by atoms with Crippen LogP contribution in [0.2, 0.25) is 5.02 Å². The van der Waals surface area contributed by atoms with Crippen molar-refractivity contribution < 1.29 is 31.5 Å². The quantitative estimate of drug-likeness (QED) is 0.223. The number of halogens is 6. The van der Waals surface area contributed by atoms with Gasteiger partial charge < -0.3 is 15.0 Å². The van der Waals surface area contributed by atoms with Gasteiger partial charge in [0.15, 0.2) is 0 Å². The lowest BCUT2D eigenvalue weighted by Gasteiger charge is -2.19. The Bertz CT molecular complexity index is 1890. The minimum atomic E-state index is -4.89. The first-order chi connectivity index (χ1) is 19.5. The Morgan fingerprint density at radius 1 is 0.976 bits per heavy atom. The van der Waals surface area contributed by atoms with E-state index in [1.165, 1.54) is 12.1 Å². The molecule has 5 aromatic rings. The highest BCUT2D eigenvalue weighted by molar-refractivity contribution is 6.31. The minimum Gasteiger partial charge on any atom is -0.341 e. The van der Waals surface area contributed by atoms with Crippen LogP contribution < -0.4 is 10.6 Å². The van der Waals surface area contributed by atoms with Crippen molar-refractivity contribution in [3.63, 3.8) is 0 Å². The molecule has 6 nitrogen and oxygen atoms in total. The molecule has 0 saturated carbocycles. The summed E-state index contributed by atoms with van der Waals surface area (Å²) in [6.45, 7) is 0. The van der Waals surface area contributed by atoms with Crippen LogP contribution in [0.4, 0.5) is 27.6 Å². The van der Waals surface area contributed by atoms with Crippen LogP contribution in [0, 0.1) is 11.6 Å². The van der Waals surface area contributed by atoms with Gasteiger partial charge in [-0.05, 0) is 71.8 Å². The number of hydrogen-bond donors (Lipinski definition) is 2. The molecule has 2 N–H and O–H groups in total. The van der Waals surface area contributed by atoms with Crippen molar-refractivity contribution in [3.05, 3.63) is 124 Å². The maximum Gasteiger partial charge on any atom is 0.416 e. The molecule has 3 heterocycles. The van der Waals surface area contributed by atoms with Crippen molar-refractivity contribution in [2.24, 2.45) is 0 Å². The van der Waals surface area contributed by atoms with Gasteiger partial charge in [-0.25, -0.2) is 13.8 Å². The Hall–Kier alpha value is -4.77. The molecule has 1 aliphatic heterocycles. The third kappa shape index (κ3) is 4.89. The lowest BCUT2D eigenvalue weighted by molar-refractivity contribution is -0.137. The summed E-state index contributed by atoms with van der Waals surface area (Å²) in [5.74, 6) is -3.47. The summed E-state index contributed by atoms with van der Waals surface area (Å²) in [6.07, 6.45) is 0.166. The van der Waals surface area contributed by atoms with Crippen molar-refractivity contribution in [1.82, 2.24) is 14.7 Å². The molecule has 0 aliphatic carbocycles. The van der Waals surface area contributed by atoms with Gasteiger partial charge in [-0.1, -0.05) is 11.6 Å². The Morgan fingerprint density at radius 2 is 1.78 bits per heavy atom. The fourth-order valence-corrected chi connectivity index (χ4v) is 5.07. The fourth-order valence-electron chi connectivity index (χ4n) is 4.84. The van der Waals surface area contributed by atoms with Crippen LogP contribution in [0.5, 0.6) is 0 Å². The second-order valence-electron chi connectivity index (χ2n) is 9.35. The number of carbonyl (C=O) groups is 2. The van der Waals surface area contributed by atoms with Crippen molar-refractivity contribution >= 4 is 34.7 Å². The van der Waals surface area contributed by atoms with Crippen molar-refractivity contribution in [3.8, 4) is 11.1 Å². The monoisotopic (exact) mass is 582 g/mol. The van der Waals surface area contributed by atoms with E-state index in [-0.39, 0.29) is 33.5 Å². The predicted octanol–water partition coefficient (Wildman–Crippen LogP) is 7.04. The minimum absolute atomic E-state index is 0.0368. The number of carbonyl (C=O) groups excluding carboxylic acids is 2. The molecule has 3 aromatic carbocycles. The number of nitrogens with one attached hydrogen (secondary N) is 2. The van der Waals surface area contributed by atoms with Crippen LogP contribution in [0.15, 0.2) is 79.3 Å². The second kappa shape index (κ2) is 9.70. The summed E-state index contributed by atoms with van der Waals surface area (Å²) in [5, 5.41) is 5.41. The molecular weight excluding hydrogens is 567 g/mol. The zero-order chi connectivity index (χ0) is 29.1. The summed E-state index contributed by atoms with van der Waals surface area (Å²) in [6, 6.07) is 10.7. The third-order valence-electron chi connectivity index (χ3n) is 6.72. The van der Waals surface area contributed by atoms with Gasteiger partial charge in [0.2, 0.25) is 0 Å². The third-order valence-corrected chi connectivity index (χ3v) is 7.06. The van der Waals surface area contributed by atoms with E-state index in [0.717, 1.165) is 12.1 Å². The highest BCUT2D eigenvalue weighted by Crippen LogP contribution is 2.42. The second-order valence-corrected chi connectivity index (χ2v) is 9.76. The maximum absolute atomic E-state index is 14.2. The van der Waals surface area contributed by atoms with Crippen LogP contribution in [-0.4, -0.2) is 21.2 Å². The van der Waals surface area contributed by atoms with Gasteiger partial charge in [0.05, 0.1) is 11.6 Å². The molecule has 1 atom stereocenters. The normalized spacial score (nSPS) is 14.7. The van der Waals surface area contributed by atoms with E-state index in [2.05, 4.69) is 15.6 Å². The molecule has 12 heteroatoms. The average Bonchev–Trinajstić information content (AvgIpc) is 3.53. The molecule has 0 bridgehead atoms. The average molecular weight is 583 g/mol. The van der Waals surface area contributed by atoms with E-state index >= 15 is 0 Å². The molecule has 1 unspecified atom stereocenters. The molecule has 2 aromatic heterocycles. The summed E-state index contributed by atoms with van der Waals surface area (Å²) >= 11 is 6.33. The Balaban J connectivity index is 1.51. The lowest BCUT2D eigenvalue weighted by atomic mass is 9.93. The zero-order valence-corrected chi connectivity index (χ0v) is 21.3. The van der Waals surface area contributed by atoms with E-state index in [1.807, 2.05) is 0 Å². The Morgan fingerprint density at radius 3 is 2.56 bits per heavy atom. The van der Waals surface area contributed by atoms with E-state index in [1.54, 1.807) is 41.2 Å². The number of imidazole rings is 1.